The Balaban J connectivity index is 1.49. The molecule has 1 aromatic heterocycles. The van der Waals surface area contributed by atoms with Crippen LogP contribution >= 0.6 is 11.3 Å². The maximum Gasteiger partial charge on any atom is 0.251 e. The highest BCUT2D eigenvalue weighted by Gasteiger charge is 2.16. The number of carbonyl (C=O) groups is 1. The highest BCUT2D eigenvalue weighted by Crippen LogP contribution is 2.17. The SMILES string of the molecule is Cc1ccsc1CNC(=O)c1ccc(OC[C@@H]2CCCO2)cc1. The van der Waals surface area contributed by atoms with E-state index in [4.69, 9.17) is 9.47 Å². The summed E-state index contributed by atoms with van der Waals surface area (Å²) in [6, 6.07) is 9.32. The predicted molar refractivity (Wildman–Crippen MR) is 91.1 cm³/mol. The Labute approximate surface area is 140 Å². The Hall–Kier alpha value is -1.85. The summed E-state index contributed by atoms with van der Waals surface area (Å²) in [5, 5.41) is 4.99. The minimum Gasteiger partial charge on any atom is -0.491 e. The van der Waals surface area contributed by atoms with E-state index in [0.29, 0.717) is 18.7 Å². The van der Waals surface area contributed by atoms with E-state index in [9.17, 15) is 4.79 Å². The number of amides is 1. The molecule has 0 aliphatic carbocycles. The van der Waals surface area contributed by atoms with Crippen LogP contribution in [0, 0.1) is 6.92 Å². The quantitative estimate of drug-likeness (QED) is 0.881. The molecule has 0 unspecified atom stereocenters. The topological polar surface area (TPSA) is 47.6 Å². The molecule has 4 nitrogen and oxygen atoms in total. The lowest BCUT2D eigenvalue weighted by atomic mass is 10.2. The number of nitrogens with one attached hydrogen (secondary N) is 1. The average Bonchev–Trinajstić information content (AvgIpc) is 3.23. The van der Waals surface area contributed by atoms with Gasteiger partial charge in [0.15, 0.2) is 0 Å². The van der Waals surface area contributed by atoms with Crippen LogP contribution in [0.25, 0.3) is 0 Å². The van der Waals surface area contributed by atoms with Crippen LogP contribution in [0.15, 0.2) is 35.7 Å². The standard InChI is InChI=1S/C18H21NO3S/c1-13-8-10-23-17(13)11-19-18(20)14-4-6-15(7-5-14)22-12-16-3-2-9-21-16/h4-8,10,16H,2-3,9,11-12H2,1H3,(H,19,20)/t16-/m0/s1. The molecule has 1 saturated heterocycles. The van der Waals surface area contributed by atoms with Gasteiger partial charge in [0, 0.05) is 17.0 Å². The number of benzene rings is 1. The Morgan fingerprint density at radius 1 is 1.35 bits per heavy atom. The summed E-state index contributed by atoms with van der Waals surface area (Å²) >= 11 is 1.66. The summed E-state index contributed by atoms with van der Waals surface area (Å²) < 4.78 is 11.2. The molecule has 5 heteroatoms. The summed E-state index contributed by atoms with van der Waals surface area (Å²) in [5.74, 6) is 0.703. The Kier molecular flexibility index (Phi) is 5.31. The van der Waals surface area contributed by atoms with Crippen molar-refractivity contribution in [2.24, 2.45) is 0 Å². The van der Waals surface area contributed by atoms with Crippen molar-refractivity contribution in [3.05, 3.63) is 51.7 Å². The molecule has 2 aromatic rings. The van der Waals surface area contributed by atoms with Crippen LogP contribution in [0.3, 0.4) is 0 Å². The fourth-order valence-corrected chi connectivity index (χ4v) is 3.36. The van der Waals surface area contributed by atoms with E-state index >= 15 is 0 Å². The summed E-state index contributed by atoms with van der Waals surface area (Å²) in [6.07, 6.45) is 2.37. The lowest BCUT2D eigenvalue weighted by Crippen LogP contribution is -2.22. The molecule has 1 N–H and O–H groups in total. The minimum atomic E-state index is -0.0662. The van der Waals surface area contributed by atoms with Crippen LogP contribution in [0.4, 0.5) is 0 Å². The third-order valence-corrected chi connectivity index (χ3v) is 4.98. The first kappa shape index (κ1) is 16.0. The van der Waals surface area contributed by atoms with Crippen LogP contribution in [0.5, 0.6) is 5.75 Å². The van der Waals surface area contributed by atoms with Gasteiger partial charge >= 0.3 is 0 Å². The second-order valence-corrected chi connectivity index (χ2v) is 6.68. The van der Waals surface area contributed by atoms with Crippen molar-refractivity contribution in [2.45, 2.75) is 32.4 Å². The normalized spacial score (nSPS) is 17.2. The highest BCUT2D eigenvalue weighted by molar-refractivity contribution is 7.10. The monoisotopic (exact) mass is 331 g/mol. The number of aryl methyl sites for hydroxylation is 1. The van der Waals surface area contributed by atoms with Gasteiger partial charge in [-0.2, -0.15) is 0 Å². The zero-order chi connectivity index (χ0) is 16.1. The molecule has 0 radical (unpaired) electrons. The van der Waals surface area contributed by atoms with Crippen molar-refractivity contribution in [3.63, 3.8) is 0 Å². The zero-order valence-electron chi connectivity index (χ0n) is 13.2. The Morgan fingerprint density at radius 2 is 2.17 bits per heavy atom. The van der Waals surface area contributed by atoms with Crippen molar-refractivity contribution in [2.75, 3.05) is 13.2 Å². The predicted octanol–water partition coefficient (Wildman–Crippen LogP) is 3.54. The molecule has 122 valence electrons. The van der Waals surface area contributed by atoms with Crippen molar-refractivity contribution in [3.8, 4) is 5.75 Å². The van der Waals surface area contributed by atoms with Gasteiger partial charge < -0.3 is 14.8 Å². The van der Waals surface area contributed by atoms with Gasteiger partial charge in [0.05, 0.1) is 12.6 Å². The number of hydrogen-bond donors (Lipinski definition) is 1. The lowest BCUT2D eigenvalue weighted by Gasteiger charge is -2.11. The number of rotatable bonds is 6. The molecule has 1 aliphatic rings. The molecule has 1 aliphatic heterocycles. The third-order valence-electron chi connectivity index (χ3n) is 3.95. The Morgan fingerprint density at radius 3 is 2.83 bits per heavy atom. The first-order valence-corrected chi connectivity index (χ1v) is 8.76. The Bertz CT molecular complexity index is 645. The molecular formula is C18H21NO3S. The van der Waals surface area contributed by atoms with Gasteiger partial charge in [-0.15, -0.1) is 11.3 Å². The fourth-order valence-electron chi connectivity index (χ4n) is 2.52. The molecule has 0 bridgehead atoms. The van der Waals surface area contributed by atoms with Crippen LogP contribution in [0.2, 0.25) is 0 Å². The second kappa shape index (κ2) is 7.62. The molecule has 1 amide bonds. The zero-order valence-corrected chi connectivity index (χ0v) is 14.0. The van der Waals surface area contributed by atoms with Gasteiger partial charge in [0.2, 0.25) is 0 Å². The maximum atomic E-state index is 12.2. The number of hydrogen-bond acceptors (Lipinski definition) is 4. The summed E-state index contributed by atoms with van der Waals surface area (Å²) in [6.45, 7) is 4.03. The van der Waals surface area contributed by atoms with Crippen molar-refractivity contribution in [1.29, 1.82) is 0 Å². The molecule has 1 aromatic carbocycles. The van der Waals surface area contributed by atoms with Gasteiger partial charge in [0.25, 0.3) is 5.91 Å². The molecule has 2 heterocycles. The van der Waals surface area contributed by atoms with Crippen molar-refractivity contribution >= 4 is 17.2 Å². The molecule has 1 atom stereocenters. The van der Waals surface area contributed by atoms with Gasteiger partial charge in [-0.25, -0.2) is 0 Å². The van der Waals surface area contributed by atoms with Crippen molar-refractivity contribution in [1.82, 2.24) is 5.32 Å². The largest absolute Gasteiger partial charge is 0.491 e. The van der Waals surface area contributed by atoms with Crippen molar-refractivity contribution < 1.29 is 14.3 Å². The minimum absolute atomic E-state index is 0.0662. The third kappa shape index (κ3) is 4.33. The van der Waals surface area contributed by atoms with Crippen LogP contribution in [-0.2, 0) is 11.3 Å². The number of thiophene rings is 1. The fraction of sp³-hybridized carbons (Fsp3) is 0.389. The van der Waals surface area contributed by atoms with E-state index in [1.54, 1.807) is 23.5 Å². The molecule has 1 fully saturated rings. The smallest absolute Gasteiger partial charge is 0.251 e. The highest BCUT2D eigenvalue weighted by atomic mass is 32.1. The molecule has 3 rings (SSSR count). The average molecular weight is 331 g/mol. The van der Waals surface area contributed by atoms with E-state index in [2.05, 4.69) is 18.3 Å². The van der Waals surface area contributed by atoms with Crippen LogP contribution in [-0.4, -0.2) is 25.2 Å². The van der Waals surface area contributed by atoms with E-state index in [1.165, 1.54) is 10.4 Å². The number of ether oxygens (including phenoxy) is 2. The van der Waals surface area contributed by atoms with Gasteiger partial charge in [-0.1, -0.05) is 0 Å². The van der Waals surface area contributed by atoms with Crippen LogP contribution in [0.1, 0.15) is 33.6 Å². The summed E-state index contributed by atoms with van der Waals surface area (Å²) in [4.78, 5) is 13.4. The van der Waals surface area contributed by atoms with Crippen LogP contribution < -0.4 is 10.1 Å². The first-order chi connectivity index (χ1) is 11.2. The van der Waals surface area contributed by atoms with E-state index in [-0.39, 0.29) is 12.0 Å². The second-order valence-electron chi connectivity index (χ2n) is 5.68. The molecule has 23 heavy (non-hydrogen) atoms. The molecule has 0 saturated carbocycles. The maximum absolute atomic E-state index is 12.2. The molecular weight excluding hydrogens is 310 g/mol. The lowest BCUT2D eigenvalue weighted by molar-refractivity contribution is 0.0679. The van der Waals surface area contributed by atoms with Gasteiger partial charge in [-0.05, 0) is 61.0 Å². The van der Waals surface area contributed by atoms with E-state index in [0.717, 1.165) is 25.2 Å². The molecule has 0 spiro atoms. The first-order valence-electron chi connectivity index (χ1n) is 7.88. The summed E-state index contributed by atoms with van der Waals surface area (Å²) in [5.41, 5.74) is 1.86. The van der Waals surface area contributed by atoms with Gasteiger partial charge in [-0.3, -0.25) is 4.79 Å². The van der Waals surface area contributed by atoms with E-state index < -0.39 is 0 Å². The van der Waals surface area contributed by atoms with E-state index in [1.807, 2.05) is 17.5 Å². The summed E-state index contributed by atoms with van der Waals surface area (Å²) in [7, 11) is 0. The van der Waals surface area contributed by atoms with Gasteiger partial charge in [0.1, 0.15) is 12.4 Å². The number of carbonyl (C=O) groups excluding carboxylic acids is 1.